The van der Waals surface area contributed by atoms with Gasteiger partial charge in [0, 0.05) is 19.2 Å². The molecular weight excluding hydrogens is 319 g/mol. The molecule has 3 rings (SSSR count). The van der Waals surface area contributed by atoms with E-state index in [2.05, 4.69) is 31.3 Å². The number of halogens is 1. The summed E-state index contributed by atoms with van der Waals surface area (Å²) in [5.41, 5.74) is 3.98. The maximum Gasteiger partial charge on any atom is 0.322 e. The van der Waals surface area contributed by atoms with Crippen LogP contribution >= 0.6 is 0 Å². The van der Waals surface area contributed by atoms with Gasteiger partial charge in [0.05, 0.1) is 12.8 Å². The maximum atomic E-state index is 13.9. The second-order valence-corrected chi connectivity index (χ2v) is 6.59. The Morgan fingerprint density at radius 3 is 2.80 bits per heavy atom. The SMILES string of the molecule is COc1ccc(F)c(NC(=O)N2CCc3c(cccc3C(C)C)C2)c1. The predicted molar refractivity (Wildman–Crippen MR) is 96.6 cm³/mol. The molecule has 0 atom stereocenters. The predicted octanol–water partition coefficient (Wildman–Crippen LogP) is 4.55. The highest BCUT2D eigenvalue weighted by atomic mass is 19.1. The largest absolute Gasteiger partial charge is 0.497 e. The summed E-state index contributed by atoms with van der Waals surface area (Å²) < 4.78 is 19.0. The van der Waals surface area contributed by atoms with Crippen LogP contribution in [-0.4, -0.2) is 24.6 Å². The number of nitrogens with zero attached hydrogens (tertiary/aromatic N) is 1. The van der Waals surface area contributed by atoms with Gasteiger partial charge in [-0.3, -0.25) is 0 Å². The van der Waals surface area contributed by atoms with Crippen LogP contribution in [0.5, 0.6) is 5.75 Å². The highest BCUT2D eigenvalue weighted by Crippen LogP contribution is 2.28. The molecule has 0 fully saturated rings. The van der Waals surface area contributed by atoms with E-state index in [1.54, 1.807) is 4.90 Å². The molecule has 2 amide bonds. The number of urea groups is 1. The van der Waals surface area contributed by atoms with Gasteiger partial charge < -0.3 is 15.0 Å². The quantitative estimate of drug-likeness (QED) is 0.889. The lowest BCUT2D eigenvalue weighted by Gasteiger charge is -2.31. The number of benzene rings is 2. The molecule has 0 bridgehead atoms. The standard InChI is InChI=1S/C20H23FN2O2/c1-13(2)16-6-4-5-14-12-23(10-9-17(14)16)20(24)22-19-11-15(25-3)7-8-18(19)21/h4-8,11,13H,9-10,12H2,1-3H3,(H,22,24). The highest BCUT2D eigenvalue weighted by molar-refractivity contribution is 5.89. The molecule has 2 aromatic carbocycles. The van der Waals surface area contributed by atoms with Crippen molar-refractivity contribution in [1.29, 1.82) is 0 Å². The highest BCUT2D eigenvalue weighted by Gasteiger charge is 2.23. The van der Waals surface area contributed by atoms with E-state index in [-0.39, 0.29) is 11.7 Å². The van der Waals surface area contributed by atoms with Gasteiger partial charge in [0.2, 0.25) is 0 Å². The van der Waals surface area contributed by atoms with E-state index in [1.807, 2.05) is 6.07 Å². The van der Waals surface area contributed by atoms with Crippen LogP contribution in [0, 0.1) is 5.82 Å². The minimum Gasteiger partial charge on any atom is -0.497 e. The third-order valence-electron chi connectivity index (χ3n) is 4.63. The minimum absolute atomic E-state index is 0.131. The number of amides is 2. The van der Waals surface area contributed by atoms with Gasteiger partial charge in [-0.15, -0.1) is 0 Å². The molecule has 2 aromatic rings. The summed E-state index contributed by atoms with van der Waals surface area (Å²) in [4.78, 5) is 14.3. The van der Waals surface area contributed by atoms with E-state index in [0.29, 0.717) is 24.8 Å². The maximum absolute atomic E-state index is 13.9. The molecule has 0 spiro atoms. The number of methoxy groups -OCH3 is 1. The van der Waals surface area contributed by atoms with Gasteiger partial charge in [-0.05, 0) is 41.2 Å². The molecule has 25 heavy (non-hydrogen) atoms. The Labute approximate surface area is 147 Å². The molecule has 1 aliphatic rings. The number of carbonyl (C=O) groups excluding carboxylic acids is 1. The topological polar surface area (TPSA) is 41.6 Å². The van der Waals surface area contributed by atoms with Crippen LogP contribution in [0.15, 0.2) is 36.4 Å². The second-order valence-electron chi connectivity index (χ2n) is 6.59. The summed E-state index contributed by atoms with van der Waals surface area (Å²) in [5.74, 6) is 0.483. The molecule has 0 radical (unpaired) electrons. The average molecular weight is 342 g/mol. The van der Waals surface area contributed by atoms with Crippen molar-refractivity contribution in [2.75, 3.05) is 19.0 Å². The van der Waals surface area contributed by atoms with Crippen molar-refractivity contribution in [2.45, 2.75) is 32.7 Å². The summed E-state index contributed by atoms with van der Waals surface area (Å²) in [6, 6.07) is 10.3. The van der Waals surface area contributed by atoms with Crippen LogP contribution in [0.3, 0.4) is 0 Å². The number of carbonyl (C=O) groups is 1. The van der Waals surface area contributed by atoms with Crippen molar-refractivity contribution in [1.82, 2.24) is 4.90 Å². The molecule has 5 heteroatoms. The molecule has 1 aliphatic heterocycles. The first kappa shape index (κ1) is 17.3. The van der Waals surface area contributed by atoms with Gasteiger partial charge in [-0.2, -0.15) is 0 Å². The average Bonchev–Trinajstić information content (AvgIpc) is 2.62. The zero-order chi connectivity index (χ0) is 18.0. The summed E-state index contributed by atoms with van der Waals surface area (Å²) in [6.45, 7) is 5.52. The number of hydrogen-bond acceptors (Lipinski definition) is 2. The zero-order valence-electron chi connectivity index (χ0n) is 14.8. The molecule has 1 heterocycles. The van der Waals surface area contributed by atoms with E-state index < -0.39 is 5.82 Å². The number of nitrogens with one attached hydrogen (secondary N) is 1. The third kappa shape index (κ3) is 3.60. The molecule has 0 unspecified atom stereocenters. The number of hydrogen-bond donors (Lipinski definition) is 1. The second kappa shape index (κ2) is 7.13. The van der Waals surface area contributed by atoms with Crippen LogP contribution in [0.2, 0.25) is 0 Å². The summed E-state index contributed by atoms with van der Waals surface area (Å²) in [6.07, 6.45) is 0.817. The van der Waals surface area contributed by atoms with Crippen LogP contribution in [0.4, 0.5) is 14.9 Å². The first-order chi connectivity index (χ1) is 12.0. The van der Waals surface area contributed by atoms with Crippen LogP contribution in [0.25, 0.3) is 0 Å². The minimum atomic E-state index is -0.478. The Morgan fingerprint density at radius 1 is 1.28 bits per heavy atom. The monoisotopic (exact) mass is 342 g/mol. The summed E-state index contributed by atoms with van der Waals surface area (Å²) in [7, 11) is 1.51. The molecular formula is C20H23FN2O2. The van der Waals surface area contributed by atoms with Gasteiger partial charge in [-0.1, -0.05) is 32.0 Å². The van der Waals surface area contributed by atoms with E-state index in [4.69, 9.17) is 4.74 Å². The Hall–Kier alpha value is -2.56. The van der Waals surface area contributed by atoms with Crippen LogP contribution < -0.4 is 10.1 Å². The Morgan fingerprint density at radius 2 is 2.08 bits per heavy atom. The molecule has 0 aromatic heterocycles. The van der Waals surface area contributed by atoms with E-state index in [0.717, 1.165) is 6.42 Å². The van der Waals surface area contributed by atoms with Crippen molar-refractivity contribution in [2.24, 2.45) is 0 Å². The van der Waals surface area contributed by atoms with Gasteiger partial charge >= 0.3 is 6.03 Å². The summed E-state index contributed by atoms with van der Waals surface area (Å²) in [5, 5.41) is 2.65. The Balaban J connectivity index is 1.76. The van der Waals surface area contributed by atoms with Gasteiger partial charge in [-0.25, -0.2) is 9.18 Å². The van der Waals surface area contributed by atoms with Crippen LogP contribution in [-0.2, 0) is 13.0 Å². The molecule has 4 nitrogen and oxygen atoms in total. The third-order valence-corrected chi connectivity index (χ3v) is 4.63. The number of fused-ring (bicyclic) bond motifs is 1. The lowest BCUT2D eigenvalue weighted by Crippen LogP contribution is -2.39. The lowest BCUT2D eigenvalue weighted by atomic mass is 9.89. The van der Waals surface area contributed by atoms with E-state index >= 15 is 0 Å². The number of rotatable bonds is 3. The van der Waals surface area contributed by atoms with Gasteiger partial charge in [0.15, 0.2) is 0 Å². The fourth-order valence-corrected chi connectivity index (χ4v) is 3.27. The van der Waals surface area contributed by atoms with Crippen LogP contribution in [0.1, 0.15) is 36.5 Å². The Bertz CT molecular complexity index is 789. The molecule has 0 saturated carbocycles. The zero-order valence-corrected chi connectivity index (χ0v) is 14.8. The molecule has 0 aliphatic carbocycles. The van der Waals surface area contributed by atoms with Crippen molar-refractivity contribution in [3.63, 3.8) is 0 Å². The van der Waals surface area contributed by atoms with E-state index in [9.17, 15) is 9.18 Å². The van der Waals surface area contributed by atoms with Gasteiger partial charge in [0.25, 0.3) is 0 Å². The fourth-order valence-electron chi connectivity index (χ4n) is 3.27. The number of ether oxygens (including phenoxy) is 1. The first-order valence-corrected chi connectivity index (χ1v) is 8.49. The first-order valence-electron chi connectivity index (χ1n) is 8.49. The normalized spacial score (nSPS) is 13.6. The molecule has 1 N–H and O–H groups in total. The fraction of sp³-hybridized carbons (Fsp3) is 0.350. The Kier molecular flexibility index (Phi) is 4.93. The van der Waals surface area contributed by atoms with E-state index in [1.165, 1.54) is 42.0 Å². The lowest BCUT2D eigenvalue weighted by molar-refractivity contribution is 0.206. The smallest absolute Gasteiger partial charge is 0.322 e. The van der Waals surface area contributed by atoms with Crippen molar-refractivity contribution in [3.8, 4) is 5.75 Å². The van der Waals surface area contributed by atoms with Crippen molar-refractivity contribution in [3.05, 3.63) is 58.9 Å². The van der Waals surface area contributed by atoms with Crippen molar-refractivity contribution >= 4 is 11.7 Å². The van der Waals surface area contributed by atoms with Crippen molar-refractivity contribution < 1.29 is 13.9 Å². The molecule has 0 saturated heterocycles. The molecule has 132 valence electrons. The summed E-state index contributed by atoms with van der Waals surface area (Å²) >= 11 is 0. The van der Waals surface area contributed by atoms with Gasteiger partial charge in [0.1, 0.15) is 11.6 Å². The number of anilines is 1.